The van der Waals surface area contributed by atoms with Crippen LogP contribution in [0.1, 0.15) is 22.2 Å². The second-order valence-electron chi connectivity index (χ2n) is 5.33. The normalized spacial score (nSPS) is 11.9. The van der Waals surface area contributed by atoms with E-state index >= 15 is 0 Å². The van der Waals surface area contributed by atoms with Crippen molar-refractivity contribution in [2.75, 3.05) is 13.7 Å². The molecule has 3 rings (SSSR count). The highest BCUT2D eigenvalue weighted by atomic mass is 16.5. The molecule has 1 aromatic heterocycles. The zero-order valence-corrected chi connectivity index (χ0v) is 13.4. The smallest absolute Gasteiger partial charge is 0.271 e. The van der Waals surface area contributed by atoms with Gasteiger partial charge >= 0.3 is 0 Å². The van der Waals surface area contributed by atoms with E-state index in [1.54, 1.807) is 24.1 Å². The van der Waals surface area contributed by atoms with Gasteiger partial charge in [0.05, 0.1) is 11.8 Å². The number of hydrogen-bond acceptors (Lipinski definition) is 3. The maximum Gasteiger partial charge on any atom is 0.271 e. The summed E-state index contributed by atoms with van der Waals surface area (Å²) in [7, 11) is 1.63. The number of ether oxygens (including phenoxy) is 1. The fourth-order valence-corrected chi connectivity index (χ4v) is 2.45. The number of para-hydroxylation sites is 1. The Morgan fingerprint density at radius 3 is 2.42 bits per heavy atom. The van der Waals surface area contributed by atoms with Gasteiger partial charge in [-0.25, -0.2) is 4.68 Å². The molecule has 0 saturated heterocycles. The van der Waals surface area contributed by atoms with Crippen molar-refractivity contribution < 1.29 is 9.53 Å². The molecule has 5 nitrogen and oxygen atoms in total. The predicted molar refractivity (Wildman–Crippen MR) is 92.1 cm³/mol. The van der Waals surface area contributed by atoms with Gasteiger partial charge in [-0.3, -0.25) is 4.79 Å². The van der Waals surface area contributed by atoms with Crippen LogP contribution in [0, 0.1) is 0 Å². The number of amides is 1. The van der Waals surface area contributed by atoms with Crippen LogP contribution < -0.4 is 5.32 Å². The number of hydrogen-bond donors (Lipinski definition) is 1. The van der Waals surface area contributed by atoms with E-state index in [1.807, 2.05) is 60.7 Å². The molecule has 0 spiro atoms. The topological polar surface area (TPSA) is 56.1 Å². The predicted octanol–water partition coefficient (Wildman–Crippen LogP) is 2.99. The lowest BCUT2D eigenvalue weighted by atomic mass is 10.1. The van der Waals surface area contributed by atoms with Crippen LogP contribution >= 0.6 is 0 Å². The Bertz CT molecular complexity index is 785. The van der Waals surface area contributed by atoms with Gasteiger partial charge in [0.15, 0.2) is 5.69 Å². The molecule has 3 aromatic rings. The minimum absolute atomic E-state index is 0.189. The van der Waals surface area contributed by atoms with Crippen LogP contribution in [0.3, 0.4) is 0 Å². The summed E-state index contributed by atoms with van der Waals surface area (Å²) in [6, 6.07) is 21.2. The number of aromatic nitrogens is 2. The molecular formula is C19H19N3O2. The first-order valence-electron chi connectivity index (χ1n) is 7.75. The molecule has 1 heterocycles. The zero-order valence-electron chi connectivity index (χ0n) is 13.4. The first-order chi connectivity index (χ1) is 11.8. The first-order valence-corrected chi connectivity index (χ1v) is 7.75. The monoisotopic (exact) mass is 321 g/mol. The third-order valence-electron chi connectivity index (χ3n) is 3.75. The molecule has 0 aliphatic heterocycles. The molecule has 1 N–H and O–H groups in total. The summed E-state index contributed by atoms with van der Waals surface area (Å²) < 4.78 is 7.14. The number of rotatable bonds is 6. The third-order valence-corrected chi connectivity index (χ3v) is 3.75. The summed E-state index contributed by atoms with van der Waals surface area (Å²) in [6.45, 7) is 0.386. The highest BCUT2D eigenvalue weighted by molar-refractivity contribution is 5.92. The number of benzene rings is 2. The van der Waals surface area contributed by atoms with Crippen molar-refractivity contribution in [2.24, 2.45) is 0 Å². The summed E-state index contributed by atoms with van der Waals surface area (Å²) >= 11 is 0. The van der Waals surface area contributed by atoms with Crippen LogP contribution in [0.25, 0.3) is 5.69 Å². The molecule has 0 aliphatic rings. The number of nitrogens with one attached hydrogen (secondary N) is 1. The van der Waals surface area contributed by atoms with Crippen molar-refractivity contribution in [3.05, 3.63) is 84.2 Å². The quantitative estimate of drug-likeness (QED) is 0.759. The van der Waals surface area contributed by atoms with E-state index < -0.39 is 0 Å². The average molecular weight is 321 g/mol. The van der Waals surface area contributed by atoms with Gasteiger partial charge in [-0.2, -0.15) is 5.10 Å². The van der Waals surface area contributed by atoms with Crippen molar-refractivity contribution in [3.8, 4) is 5.69 Å². The number of methoxy groups -OCH3 is 1. The Morgan fingerprint density at radius 1 is 1.08 bits per heavy atom. The molecule has 1 amide bonds. The van der Waals surface area contributed by atoms with Gasteiger partial charge in [0, 0.05) is 19.9 Å². The largest absolute Gasteiger partial charge is 0.375 e. The van der Waals surface area contributed by atoms with Crippen LogP contribution in [-0.2, 0) is 4.74 Å². The van der Waals surface area contributed by atoms with E-state index in [9.17, 15) is 4.79 Å². The van der Waals surface area contributed by atoms with Crippen molar-refractivity contribution in [1.29, 1.82) is 0 Å². The van der Waals surface area contributed by atoms with Crippen LogP contribution in [0.5, 0.6) is 0 Å². The molecule has 0 bridgehead atoms. The maximum atomic E-state index is 12.3. The molecule has 24 heavy (non-hydrogen) atoms. The van der Waals surface area contributed by atoms with Crippen molar-refractivity contribution in [2.45, 2.75) is 6.10 Å². The highest BCUT2D eigenvalue weighted by Gasteiger charge is 2.14. The van der Waals surface area contributed by atoms with E-state index in [-0.39, 0.29) is 12.0 Å². The summed E-state index contributed by atoms with van der Waals surface area (Å²) in [5, 5.41) is 7.19. The zero-order chi connectivity index (χ0) is 16.8. The minimum atomic E-state index is -0.220. The van der Waals surface area contributed by atoms with Gasteiger partial charge < -0.3 is 10.1 Å². The Kier molecular flexibility index (Phi) is 5.03. The van der Waals surface area contributed by atoms with Crippen molar-refractivity contribution in [3.63, 3.8) is 0 Å². The summed E-state index contributed by atoms with van der Waals surface area (Å²) in [6.07, 6.45) is 1.58. The van der Waals surface area contributed by atoms with E-state index in [1.165, 1.54) is 0 Å². The number of nitrogens with zero attached hydrogens (tertiary/aromatic N) is 2. The SMILES string of the molecule is COC(CNC(=O)c1ccn(-c2ccccc2)n1)c1ccccc1. The molecule has 1 atom stereocenters. The Balaban J connectivity index is 1.64. The van der Waals surface area contributed by atoms with E-state index in [4.69, 9.17) is 4.74 Å². The molecule has 0 aliphatic carbocycles. The standard InChI is InChI=1S/C19H19N3O2/c1-24-18(15-8-4-2-5-9-15)14-20-19(23)17-12-13-22(21-17)16-10-6-3-7-11-16/h2-13,18H,14H2,1H3,(H,20,23). The number of carbonyl (C=O) groups is 1. The fraction of sp³-hybridized carbons (Fsp3) is 0.158. The highest BCUT2D eigenvalue weighted by Crippen LogP contribution is 2.15. The van der Waals surface area contributed by atoms with Crippen LogP contribution in [0.2, 0.25) is 0 Å². The molecule has 0 fully saturated rings. The van der Waals surface area contributed by atoms with E-state index in [2.05, 4.69) is 10.4 Å². The maximum absolute atomic E-state index is 12.3. The summed E-state index contributed by atoms with van der Waals surface area (Å²) in [5.74, 6) is -0.220. The number of carbonyl (C=O) groups excluding carboxylic acids is 1. The van der Waals surface area contributed by atoms with Gasteiger partial charge in [-0.15, -0.1) is 0 Å². The molecular weight excluding hydrogens is 302 g/mol. The summed E-state index contributed by atoms with van der Waals surface area (Å²) in [4.78, 5) is 12.3. The molecule has 122 valence electrons. The van der Waals surface area contributed by atoms with Gasteiger partial charge in [0.2, 0.25) is 0 Å². The lowest BCUT2D eigenvalue weighted by Gasteiger charge is -2.16. The van der Waals surface area contributed by atoms with Gasteiger partial charge in [0.25, 0.3) is 5.91 Å². The Labute approximate surface area is 140 Å². The van der Waals surface area contributed by atoms with Crippen LogP contribution in [0.15, 0.2) is 72.9 Å². The first kappa shape index (κ1) is 16.0. The molecule has 2 aromatic carbocycles. The molecule has 1 unspecified atom stereocenters. The second-order valence-corrected chi connectivity index (χ2v) is 5.33. The van der Waals surface area contributed by atoms with E-state index in [0.717, 1.165) is 11.3 Å². The van der Waals surface area contributed by atoms with Gasteiger partial charge in [0.1, 0.15) is 0 Å². The Morgan fingerprint density at radius 2 is 1.75 bits per heavy atom. The average Bonchev–Trinajstić information content (AvgIpc) is 3.14. The second kappa shape index (κ2) is 7.57. The van der Waals surface area contributed by atoms with E-state index in [0.29, 0.717) is 12.2 Å². The van der Waals surface area contributed by atoms with Crippen LogP contribution in [0.4, 0.5) is 0 Å². The molecule has 5 heteroatoms. The van der Waals surface area contributed by atoms with Gasteiger partial charge in [-0.1, -0.05) is 48.5 Å². The lowest BCUT2D eigenvalue weighted by Crippen LogP contribution is -2.29. The van der Waals surface area contributed by atoms with Crippen LogP contribution in [-0.4, -0.2) is 29.3 Å². The Hall–Kier alpha value is -2.92. The summed E-state index contributed by atoms with van der Waals surface area (Å²) in [5.41, 5.74) is 2.31. The third kappa shape index (κ3) is 3.70. The minimum Gasteiger partial charge on any atom is -0.375 e. The fourth-order valence-electron chi connectivity index (χ4n) is 2.45. The van der Waals surface area contributed by atoms with Crippen molar-refractivity contribution in [1.82, 2.24) is 15.1 Å². The molecule has 0 saturated carbocycles. The lowest BCUT2D eigenvalue weighted by molar-refractivity contribution is 0.0824. The molecule has 0 radical (unpaired) electrons. The van der Waals surface area contributed by atoms with Gasteiger partial charge in [-0.05, 0) is 23.8 Å². The van der Waals surface area contributed by atoms with Crippen molar-refractivity contribution >= 4 is 5.91 Å².